The van der Waals surface area contributed by atoms with E-state index in [1.54, 1.807) is 0 Å². The zero-order valence-corrected chi connectivity index (χ0v) is 12.6. The summed E-state index contributed by atoms with van der Waals surface area (Å²) in [5.41, 5.74) is 1.30. The Labute approximate surface area is 113 Å². The van der Waals surface area contributed by atoms with Crippen LogP contribution < -0.4 is 5.32 Å². The lowest BCUT2D eigenvalue weighted by atomic mass is 9.90. The normalized spacial score (nSPS) is 13.0. The molecule has 2 nitrogen and oxygen atoms in total. The molecular weight excluding hydrogens is 276 g/mol. The van der Waals surface area contributed by atoms with E-state index < -0.39 is 0 Å². The summed E-state index contributed by atoms with van der Waals surface area (Å²) in [7, 11) is 0. The average Bonchev–Trinajstić information content (AvgIpc) is 2.31. The van der Waals surface area contributed by atoms with Crippen LogP contribution in [0.4, 0.5) is 0 Å². The smallest absolute Gasteiger partial charge is 0.0410 e. The van der Waals surface area contributed by atoms with Gasteiger partial charge in [0, 0.05) is 22.9 Å². The van der Waals surface area contributed by atoms with Crippen LogP contribution in [-0.2, 0) is 6.42 Å². The molecule has 1 unspecified atom stereocenters. The Morgan fingerprint density at radius 1 is 1.24 bits per heavy atom. The largest absolute Gasteiger partial charge is 0.314 e. The molecule has 1 heterocycles. The molecule has 1 atom stereocenters. The summed E-state index contributed by atoms with van der Waals surface area (Å²) >= 11 is 3.48. The quantitative estimate of drug-likeness (QED) is 0.828. The van der Waals surface area contributed by atoms with Gasteiger partial charge in [0.05, 0.1) is 0 Å². The van der Waals surface area contributed by atoms with Crippen LogP contribution in [0.3, 0.4) is 0 Å². The van der Waals surface area contributed by atoms with E-state index >= 15 is 0 Å². The van der Waals surface area contributed by atoms with Crippen molar-refractivity contribution in [3.05, 3.63) is 28.5 Å². The van der Waals surface area contributed by atoms with Crippen molar-refractivity contribution in [1.82, 2.24) is 10.3 Å². The van der Waals surface area contributed by atoms with Crippen LogP contribution in [0.15, 0.2) is 22.9 Å². The zero-order valence-electron chi connectivity index (χ0n) is 11.0. The van der Waals surface area contributed by atoms with Crippen LogP contribution in [0.5, 0.6) is 0 Å². The molecule has 0 amide bonds. The first kappa shape index (κ1) is 14.7. The fourth-order valence-corrected chi connectivity index (χ4v) is 2.76. The Hall–Kier alpha value is -0.410. The topological polar surface area (TPSA) is 24.9 Å². The van der Waals surface area contributed by atoms with E-state index in [9.17, 15) is 0 Å². The number of hydrogen-bond donors (Lipinski definition) is 1. The van der Waals surface area contributed by atoms with Crippen molar-refractivity contribution in [3.63, 3.8) is 0 Å². The van der Waals surface area contributed by atoms with Crippen molar-refractivity contribution >= 4 is 15.9 Å². The highest BCUT2D eigenvalue weighted by molar-refractivity contribution is 9.10. The van der Waals surface area contributed by atoms with Crippen molar-refractivity contribution in [2.24, 2.45) is 5.92 Å². The van der Waals surface area contributed by atoms with Crippen LogP contribution in [-0.4, -0.2) is 17.6 Å². The second-order valence-electron chi connectivity index (χ2n) is 4.46. The summed E-state index contributed by atoms with van der Waals surface area (Å²) in [4.78, 5) is 4.23. The molecule has 0 saturated heterocycles. The minimum Gasteiger partial charge on any atom is -0.314 e. The van der Waals surface area contributed by atoms with Crippen LogP contribution in [0, 0.1) is 5.92 Å². The number of likely N-dealkylation sites (N-methyl/N-ethyl adjacent to an activating group) is 1. The molecule has 0 fully saturated rings. The van der Waals surface area contributed by atoms with E-state index in [1.165, 1.54) is 18.4 Å². The van der Waals surface area contributed by atoms with Crippen molar-refractivity contribution < 1.29 is 0 Å². The molecule has 0 saturated carbocycles. The third kappa shape index (κ3) is 4.76. The molecule has 17 heavy (non-hydrogen) atoms. The van der Waals surface area contributed by atoms with Gasteiger partial charge in [-0.1, -0.05) is 33.6 Å². The van der Waals surface area contributed by atoms with Crippen molar-refractivity contribution in [1.29, 1.82) is 0 Å². The predicted octanol–water partition coefficient (Wildman–Crippen LogP) is 3.80. The second-order valence-corrected chi connectivity index (χ2v) is 5.37. The molecule has 3 heteroatoms. The van der Waals surface area contributed by atoms with E-state index in [0.29, 0.717) is 6.04 Å². The Kier molecular flexibility index (Phi) is 6.75. The molecule has 1 N–H and O–H groups in total. The molecule has 1 rings (SSSR count). The summed E-state index contributed by atoms with van der Waals surface area (Å²) in [6.45, 7) is 7.76. The third-order valence-electron chi connectivity index (χ3n) is 3.30. The standard InChI is InChI=1S/C14H23BrN2/c1-4-12(5-2)14(17-6-3)8-11-7-13(15)10-16-9-11/h7,9-10,12,14,17H,4-6,8H2,1-3H3. The van der Waals surface area contributed by atoms with Gasteiger partial charge in [0.2, 0.25) is 0 Å². The van der Waals surface area contributed by atoms with Crippen LogP contribution in [0.25, 0.3) is 0 Å². The lowest BCUT2D eigenvalue weighted by Crippen LogP contribution is -2.37. The van der Waals surface area contributed by atoms with Gasteiger partial charge >= 0.3 is 0 Å². The predicted molar refractivity (Wildman–Crippen MR) is 77.2 cm³/mol. The van der Waals surface area contributed by atoms with Crippen LogP contribution in [0.2, 0.25) is 0 Å². The summed E-state index contributed by atoms with van der Waals surface area (Å²) < 4.78 is 1.06. The molecule has 1 aromatic heterocycles. The third-order valence-corrected chi connectivity index (χ3v) is 3.73. The fourth-order valence-electron chi connectivity index (χ4n) is 2.35. The van der Waals surface area contributed by atoms with Crippen molar-refractivity contribution in [2.45, 2.75) is 46.1 Å². The number of hydrogen-bond acceptors (Lipinski definition) is 2. The van der Waals surface area contributed by atoms with E-state index in [0.717, 1.165) is 23.4 Å². The molecular formula is C14H23BrN2. The maximum absolute atomic E-state index is 4.23. The van der Waals surface area contributed by atoms with Crippen LogP contribution >= 0.6 is 15.9 Å². The van der Waals surface area contributed by atoms with Gasteiger partial charge in [-0.25, -0.2) is 0 Å². The molecule has 0 aliphatic heterocycles. The van der Waals surface area contributed by atoms with E-state index in [-0.39, 0.29) is 0 Å². The Morgan fingerprint density at radius 2 is 1.94 bits per heavy atom. The van der Waals surface area contributed by atoms with Crippen molar-refractivity contribution in [2.75, 3.05) is 6.54 Å². The maximum Gasteiger partial charge on any atom is 0.0410 e. The Morgan fingerprint density at radius 3 is 2.47 bits per heavy atom. The molecule has 0 aliphatic carbocycles. The first-order valence-corrected chi connectivity index (χ1v) is 7.33. The SMILES string of the molecule is CCNC(Cc1cncc(Br)c1)C(CC)CC. The highest BCUT2D eigenvalue weighted by atomic mass is 79.9. The minimum absolute atomic E-state index is 0.561. The first-order valence-electron chi connectivity index (χ1n) is 6.54. The monoisotopic (exact) mass is 298 g/mol. The van der Waals surface area contributed by atoms with Gasteiger partial charge in [0.1, 0.15) is 0 Å². The maximum atomic E-state index is 4.23. The van der Waals surface area contributed by atoms with E-state index in [1.807, 2.05) is 12.4 Å². The molecule has 96 valence electrons. The lowest BCUT2D eigenvalue weighted by molar-refractivity contribution is 0.336. The zero-order chi connectivity index (χ0) is 12.7. The minimum atomic E-state index is 0.561. The number of rotatable bonds is 7. The highest BCUT2D eigenvalue weighted by Gasteiger charge is 2.17. The number of halogens is 1. The number of pyridine rings is 1. The second kappa shape index (κ2) is 7.83. The van der Waals surface area contributed by atoms with Crippen molar-refractivity contribution in [3.8, 4) is 0 Å². The first-order chi connectivity index (χ1) is 8.21. The molecule has 0 spiro atoms. The Bertz CT molecular complexity index is 324. The van der Waals surface area contributed by atoms with Gasteiger partial charge in [-0.3, -0.25) is 4.98 Å². The van der Waals surface area contributed by atoms with E-state index in [4.69, 9.17) is 0 Å². The van der Waals surface area contributed by atoms with Gasteiger partial charge in [0.15, 0.2) is 0 Å². The van der Waals surface area contributed by atoms with Gasteiger partial charge < -0.3 is 5.32 Å². The molecule has 0 bridgehead atoms. The van der Waals surface area contributed by atoms with Gasteiger partial charge in [-0.15, -0.1) is 0 Å². The summed E-state index contributed by atoms with van der Waals surface area (Å²) in [5.74, 6) is 0.744. The molecule has 0 aliphatic rings. The van der Waals surface area contributed by atoms with Crippen LogP contribution in [0.1, 0.15) is 39.2 Å². The summed E-state index contributed by atoms with van der Waals surface area (Å²) in [6, 6.07) is 2.73. The number of nitrogens with zero attached hydrogens (tertiary/aromatic N) is 1. The lowest BCUT2D eigenvalue weighted by Gasteiger charge is -2.26. The average molecular weight is 299 g/mol. The molecule has 0 aromatic carbocycles. The highest BCUT2D eigenvalue weighted by Crippen LogP contribution is 2.18. The van der Waals surface area contributed by atoms with Gasteiger partial charge in [-0.2, -0.15) is 0 Å². The number of aromatic nitrogens is 1. The molecule has 0 radical (unpaired) electrons. The summed E-state index contributed by atoms with van der Waals surface area (Å²) in [6.07, 6.45) is 7.33. The van der Waals surface area contributed by atoms with E-state index in [2.05, 4.69) is 53.1 Å². The fraction of sp³-hybridized carbons (Fsp3) is 0.643. The Balaban J connectivity index is 2.71. The number of nitrogens with one attached hydrogen (secondary N) is 1. The van der Waals surface area contributed by atoms with Gasteiger partial charge in [-0.05, 0) is 46.4 Å². The van der Waals surface area contributed by atoms with Gasteiger partial charge in [0.25, 0.3) is 0 Å². The molecule has 1 aromatic rings. The summed E-state index contributed by atoms with van der Waals surface area (Å²) in [5, 5.41) is 3.61.